The van der Waals surface area contributed by atoms with E-state index >= 15 is 38.4 Å². The van der Waals surface area contributed by atoms with E-state index in [1.165, 1.54) is 6.92 Å². The maximum absolute atomic E-state index is 16.0. The fourth-order valence-corrected chi connectivity index (χ4v) is 14.9. The first-order valence-corrected chi connectivity index (χ1v) is 39.0. The van der Waals surface area contributed by atoms with Crippen molar-refractivity contribution >= 4 is 94.7 Å². The Labute approximate surface area is 645 Å². The van der Waals surface area contributed by atoms with E-state index in [4.69, 9.17) is 9.47 Å². The maximum atomic E-state index is 16.0. The molecule has 0 aromatic heterocycles. The van der Waals surface area contributed by atoms with E-state index in [1.807, 2.05) is 68.4 Å². The average molecular weight is 1550 g/mol. The van der Waals surface area contributed by atoms with Gasteiger partial charge in [-0.25, -0.2) is 4.79 Å². The number of thioether (sulfide) groups is 2. The predicted octanol–water partition coefficient (Wildman–Crippen LogP) is 5.02. The van der Waals surface area contributed by atoms with Crippen LogP contribution in [0.4, 0.5) is 4.79 Å². The Morgan fingerprint density at radius 1 is 0.583 bits per heavy atom. The minimum absolute atomic E-state index is 0.0250. The molecular weight excluding hydrogens is 1430 g/mol. The Bertz CT molecular complexity index is 3430. The highest BCUT2D eigenvalue weighted by atomic mass is 32.2. The van der Waals surface area contributed by atoms with Gasteiger partial charge in [-0.1, -0.05) is 133 Å². The molecule has 1 heterocycles. The lowest BCUT2D eigenvalue weighted by atomic mass is 9.77. The fraction of sp³-hybridized carbons (Fsp3) is 0.615. The molecule has 1 saturated heterocycles. The van der Waals surface area contributed by atoms with Gasteiger partial charge in [0, 0.05) is 33.2 Å². The molecule has 108 heavy (non-hydrogen) atoms. The number of rotatable bonds is 23. The number of hydrogen-bond donors (Lipinski definition) is 11. The maximum Gasteiger partial charge on any atom is 0.408 e. The zero-order chi connectivity index (χ0) is 81.6. The van der Waals surface area contributed by atoms with E-state index in [9.17, 15) is 34.5 Å². The Morgan fingerprint density at radius 2 is 1.07 bits per heavy atom. The molecule has 0 bridgehead atoms. The summed E-state index contributed by atoms with van der Waals surface area (Å²) in [6.45, 7) is 29.4. The number of esters is 1. The van der Waals surface area contributed by atoms with E-state index in [0.29, 0.717) is 16.7 Å². The quantitative estimate of drug-likeness (QED) is 0.0438. The number of hydrogen-bond acceptors (Lipinski definition) is 19. The summed E-state index contributed by atoms with van der Waals surface area (Å²) in [6, 6.07) is 12.1. The van der Waals surface area contributed by atoms with Crippen LogP contribution in [0.5, 0.6) is 0 Å². The van der Waals surface area contributed by atoms with Crippen LogP contribution in [-0.4, -0.2) is 227 Å². The third-order valence-electron chi connectivity index (χ3n) is 17.4. The topological polar surface area (TPSA) is 390 Å². The smallest absolute Gasteiger partial charge is 0.408 e. The molecule has 1 aliphatic heterocycles. The third kappa shape index (κ3) is 26.5. The molecule has 10 atom stereocenters. The Morgan fingerprint density at radius 3 is 1.52 bits per heavy atom. The van der Waals surface area contributed by atoms with Crippen LogP contribution in [-0.2, 0) is 67.8 Å². The van der Waals surface area contributed by atoms with Crippen LogP contribution in [0, 0.1) is 17.8 Å². The lowest BCUT2D eigenvalue weighted by Crippen LogP contribution is -2.69. The van der Waals surface area contributed by atoms with Gasteiger partial charge in [0.2, 0.25) is 59.1 Å². The summed E-state index contributed by atoms with van der Waals surface area (Å²) in [4.78, 5) is 182. The van der Waals surface area contributed by atoms with Crippen molar-refractivity contribution in [2.75, 3.05) is 43.0 Å². The summed E-state index contributed by atoms with van der Waals surface area (Å²) >= 11 is 2.09. The second-order valence-corrected chi connectivity index (χ2v) is 34.6. The lowest BCUT2D eigenvalue weighted by Gasteiger charge is -2.48. The normalized spacial score (nSPS) is 20.8. The summed E-state index contributed by atoms with van der Waals surface area (Å²) in [7, 11) is 0. The van der Waals surface area contributed by atoms with Crippen LogP contribution in [0.2, 0.25) is 0 Å². The number of amides is 11. The molecule has 600 valence electrons. The minimum Gasteiger partial charge on any atom is -0.465 e. The van der Waals surface area contributed by atoms with Gasteiger partial charge in [-0.05, 0) is 144 Å². The van der Waals surface area contributed by atoms with Crippen molar-refractivity contribution < 1.29 is 82.3 Å². The first-order chi connectivity index (χ1) is 50.2. The SMILES string of the molecule is CCOC(=O)CNC(=O)[C@H](CC(C)C)NC(=O)[C@@H](NC(=O)C1CSCSCC(NC(=O)OC(C)(C)C)C(=O)N(C(C)(C)C)[C@@H](CO)C(=O)N[C@@H](CC(=O)NC(c2ccccc2)(c2ccccc2)c2ccccc2)C(=O)N[C@@H](CC(C)C)C(=O)N(C(C)(C)C)[C@@H](CO)C(=O)N(C(C)(C)C)C([C@@H](C)O)C(=O)N1)C(C)C. The number of carbonyl (C=O) groups is 12. The molecule has 1 fully saturated rings. The number of ether oxygens (including phenoxy) is 2. The molecule has 3 aromatic carbocycles. The average Bonchev–Trinajstić information content (AvgIpc) is 0.751. The number of nitrogens with one attached hydrogen (secondary N) is 8. The number of benzene rings is 3. The molecule has 11 N–H and O–H groups in total. The van der Waals surface area contributed by atoms with Gasteiger partial charge in [0.25, 0.3) is 0 Å². The van der Waals surface area contributed by atoms with Gasteiger partial charge in [0.15, 0.2) is 0 Å². The molecule has 4 rings (SSSR count). The number of aliphatic hydroxyl groups is 3. The van der Waals surface area contributed by atoms with Crippen molar-refractivity contribution in [1.82, 2.24) is 57.2 Å². The van der Waals surface area contributed by atoms with Gasteiger partial charge in [-0.3, -0.25) is 52.7 Å². The van der Waals surface area contributed by atoms with Crippen LogP contribution >= 0.6 is 23.5 Å². The number of alkyl carbamates (subject to hydrolysis) is 1. The zero-order valence-electron chi connectivity index (χ0n) is 66.5. The number of carbonyl (C=O) groups excluding carboxylic acids is 12. The highest BCUT2D eigenvalue weighted by Crippen LogP contribution is 2.38. The first kappa shape index (κ1) is 92.1. The van der Waals surface area contributed by atoms with Crippen molar-refractivity contribution in [2.24, 2.45) is 17.8 Å². The molecule has 1 aliphatic rings. The summed E-state index contributed by atoms with van der Waals surface area (Å²) in [5.74, 6) is -12.2. The van der Waals surface area contributed by atoms with Crippen molar-refractivity contribution in [3.8, 4) is 0 Å². The minimum atomic E-state index is -1.94. The highest BCUT2D eigenvalue weighted by Gasteiger charge is 2.50. The zero-order valence-corrected chi connectivity index (χ0v) is 68.1. The summed E-state index contributed by atoms with van der Waals surface area (Å²) in [6.07, 6.45) is -3.72. The van der Waals surface area contributed by atoms with Crippen LogP contribution < -0.4 is 42.5 Å². The Kier molecular flexibility index (Phi) is 34.9. The van der Waals surface area contributed by atoms with Crippen molar-refractivity contribution in [3.63, 3.8) is 0 Å². The van der Waals surface area contributed by atoms with Gasteiger partial charge in [-0.15, -0.1) is 23.5 Å². The van der Waals surface area contributed by atoms with E-state index in [0.717, 1.165) is 38.2 Å². The Hall–Kier alpha value is -8.32. The highest BCUT2D eigenvalue weighted by molar-refractivity contribution is 8.16. The van der Waals surface area contributed by atoms with Crippen molar-refractivity contribution in [3.05, 3.63) is 108 Å². The molecule has 11 amide bonds. The number of aliphatic hydroxyl groups excluding tert-OH is 3. The fourth-order valence-electron chi connectivity index (χ4n) is 12.8. The van der Waals surface area contributed by atoms with Gasteiger partial charge >= 0.3 is 12.1 Å². The summed E-state index contributed by atoms with van der Waals surface area (Å²) in [5, 5.41) is 57.0. The van der Waals surface area contributed by atoms with Gasteiger partial charge in [0.1, 0.15) is 72.1 Å². The van der Waals surface area contributed by atoms with Gasteiger partial charge < -0.3 is 82.0 Å². The lowest BCUT2D eigenvalue weighted by molar-refractivity contribution is -0.164. The third-order valence-corrected chi connectivity index (χ3v) is 19.9. The first-order valence-electron chi connectivity index (χ1n) is 36.7. The molecule has 0 aliphatic carbocycles. The molecule has 30 heteroatoms. The predicted molar refractivity (Wildman–Crippen MR) is 415 cm³/mol. The van der Waals surface area contributed by atoms with Crippen LogP contribution in [0.1, 0.15) is 174 Å². The molecule has 0 spiro atoms. The largest absolute Gasteiger partial charge is 0.465 e. The van der Waals surface area contributed by atoms with Crippen molar-refractivity contribution in [2.45, 2.75) is 246 Å². The van der Waals surface area contributed by atoms with E-state index in [1.54, 1.807) is 154 Å². The van der Waals surface area contributed by atoms with E-state index in [2.05, 4.69) is 42.5 Å². The molecule has 3 unspecified atom stereocenters. The van der Waals surface area contributed by atoms with Gasteiger partial charge in [-0.2, -0.15) is 0 Å². The van der Waals surface area contributed by atoms with Crippen LogP contribution in [0.3, 0.4) is 0 Å². The molecular formula is C78H119N11O17S2. The molecule has 3 aromatic rings. The monoisotopic (exact) mass is 1550 g/mol. The van der Waals surface area contributed by atoms with E-state index < -0.39 is 197 Å². The molecule has 0 saturated carbocycles. The van der Waals surface area contributed by atoms with Crippen molar-refractivity contribution in [1.29, 1.82) is 0 Å². The summed E-state index contributed by atoms with van der Waals surface area (Å²) in [5.41, 5.74) is -5.06. The molecule has 28 nitrogen and oxygen atoms in total. The van der Waals surface area contributed by atoms with Crippen LogP contribution in [0.25, 0.3) is 0 Å². The standard InChI is InChI=1S/C78H119N11O17S2/c1-21-105-61(94)40-79-64(95)53(37-46(2)3)81-68(99)62(48(6)7)85-66(97)56-43-107-45-108-44-57(84-73(104)106-77(18,19)20)71(102)87(74(9,10)11)58(41-90)67(98)80-54(39-60(93)86-78(50-31-25-22-26-32-50,51-33-27-23-28-34-51)52-35-29-24-30-36-52)65(96)82-55(38-47(4)5)70(101)88(75(12,13)14)59(42-91)72(103)89(76(15,16)17)63(49(8)92)69(100)83-56/h22-36,46-49,53-59,62-63,90-92H,21,37-45H2,1-20H3,(H,79,95)(H,80,98)(H,81,99)(H,82,96)(H,83,100)(H,84,104)(H,85,97)(H,86,93)/t49-,53+,54+,55+,56?,57?,58+,59+,62+,63?/m1/s1. The van der Waals surface area contributed by atoms with Crippen LogP contribution in [0.15, 0.2) is 91.0 Å². The molecule has 0 radical (unpaired) electrons. The van der Waals surface area contributed by atoms with Gasteiger partial charge in [0.05, 0.1) is 32.3 Å². The second kappa shape index (κ2) is 40.9. The Balaban J connectivity index is 2.05. The number of nitrogens with zero attached hydrogens (tertiary/aromatic N) is 3. The van der Waals surface area contributed by atoms with E-state index in [-0.39, 0.29) is 42.0 Å². The summed E-state index contributed by atoms with van der Waals surface area (Å²) < 4.78 is 10.6. The second-order valence-electron chi connectivity index (χ2n) is 32.1.